The number of aryl methyl sites for hydroxylation is 2. The van der Waals surface area contributed by atoms with Gasteiger partial charge in [0.15, 0.2) is 0 Å². The van der Waals surface area contributed by atoms with E-state index in [0.717, 1.165) is 47.3 Å². The van der Waals surface area contributed by atoms with Crippen molar-refractivity contribution in [1.82, 2.24) is 9.36 Å². The second-order valence-electron chi connectivity index (χ2n) is 10.7. The van der Waals surface area contributed by atoms with Gasteiger partial charge in [-0.3, -0.25) is 0 Å². The quantitative estimate of drug-likeness (QED) is 0.309. The molecule has 0 saturated heterocycles. The highest BCUT2D eigenvalue weighted by molar-refractivity contribution is 7.09. The van der Waals surface area contributed by atoms with Crippen molar-refractivity contribution in [3.05, 3.63) is 41.1 Å². The van der Waals surface area contributed by atoms with Gasteiger partial charge in [0, 0.05) is 35.6 Å². The monoisotopic (exact) mass is 508 g/mol. The Morgan fingerprint density at radius 3 is 2.58 bits per heavy atom. The number of hydrogen-bond acceptors (Lipinski definition) is 7. The molecule has 0 amide bonds. The fraction of sp³-hybridized carbons (Fsp3) is 0.536. The Bertz CT molecular complexity index is 1240. The van der Waals surface area contributed by atoms with Crippen molar-refractivity contribution in [2.24, 2.45) is 5.92 Å². The number of anilines is 3. The van der Waals surface area contributed by atoms with E-state index in [0.29, 0.717) is 35.0 Å². The zero-order valence-corrected chi connectivity index (χ0v) is 22.5. The predicted octanol–water partition coefficient (Wildman–Crippen LogP) is 7.53. The molecule has 0 atom stereocenters. The molecule has 2 aromatic heterocycles. The summed E-state index contributed by atoms with van der Waals surface area (Å²) in [5.41, 5.74) is 3.76. The van der Waals surface area contributed by atoms with Crippen molar-refractivity contribution >= 4 is 34.0 Å². The smallest absolute Gasteiger partial charge is 0.339 e. The van der Waals surface area contributed by atoms with Gasteiger partial charge in [-0.1, -0.05) is 39.2 Å². The van der Waals surface area contributed by atoms with Crippen molar-refractivity contribution < 1.29 is 14.3 Å². The van der Waals surface area contributed by atoms with Crippen LogP contribution in [0.3, 0.4) is 0 Å². The van der Waals surface area contributed by atoms with Crippen LogP contribution in [-0.2, 0) is 0 Å². The lowest BCUT2D eigenvalue weighted by Gasteiger charge is -2.38. The normalized spacial score (nSPS) is 16.5. The maximum absolute atomic E-state index is 12.1. The van der Waals surface area contributed by atoms with Crippen LogP contribution in [0.2, 0.25) is 0 Å². The van der Waals surface area contributed by atoms with Crippen LogP contribution in [0.1, 0.15) is 92.4 Å². The molecule has 2 fully saturated rings. The molecule has 0 radical (unpaired) electrons. The molecule has 2 aliphatic rings. The summed E-state index contributed by atoms with van der Waals surface area (Å²) in [5, 5.41) is 14.3. The van der Waals surface area contributed by atoms with Gasteiger partial charge in [-0.15, -0.1) is 0 Å². The van der Waals surface area contributed by atoms with Crippen LogP contribution in [0.25, 0.3) is 11.1 Å². The van der Waals surface area contributed by atoms with Crippen molar-refractivity contribution in [2.45, 2.75) is 84.6 Å². The number of carboxylic acid groups (broad SMARTS) is 1. The number of rotatable bonds is 9. The second kappa shape index (κ2) is 10.2. The number of furan rings is 1. The van der Waals surface area contributed by atoms with Gasteiger partial charge < -0.3 is 19.7 Å². The first-order valence-electron chi connectivity index (χ1n) is 13.2. The molecule has 3 aromatic rings. The molecule has 0 bridgehead atoms. The highest BCUT2D eigenvalue weighted by atomic mass is 32.1. The molecule has 1 aromatic carbocycles. The predicted molar refractivity (Wildman–Crippen MR) is 145 cm³/mol. The number of aromatic carboxylic acids is 1. The number of hydrogen-bond donors (Lipinski definition) is 2. The van der Waals surface area contributed by atoms with E-state index in [2.05, 4.69) is 40.6 Å². The molecular formula is C28H36N4O3S. The van der Waals surface area contributed by atoms with E-state index in [1.54, 1.807) is 6.92 Å². The average Bonchev–Trinajstić information content (AvgIpc) is 3.51. The molecule has 0 spiro atoms. The molecule has 36 heavy (non-hydrogen) atoms. The minimum atomic E-state index is -0.972. The Morgan fingerprint density at radius 1 is 1.17 bits per heavy atom. The number of nitrogens with zero attached hydrogens (tertiary/aromatic N) is 3. The van der Waals surface area contributed by atoms with Crippen LogP contribution < -0.4 is 10.2 Å². The Morgan fingerprint density at radius 2 is 1.92 bits per heavy atom. The van der Waals surface area contributed by atoms with Gasteiger partial charge in [-0.05, 0) is 63.1 Å². The molecule has 2 N–H and O–H groups in total. The molecule has 5 rings (SSSR count). The lowest BCUT2D eigenvalue weighted by Crippen LogP contribution is -2.39. The van der Waals surface area contributed by atoms with E-state index in [-0.39, 0.29) is 5.56 Å². The fourth-order valence-corrected chi connectivity index (χ4v) is 6.13. The third-order valence-electron chi connectivity index (χ3n) is 7.27. The Labute approximate surface area is 217 Å². The summed E-state index contributed by atoms with van der Waals surface area (Å²) in [6, 6.07) is 6.74. The van der Waals surface area contributed by atoms with Crippen molar-refractivity contribution in [3.63, 3.8) is 0 Å². The molecule has 2 aliphatic carbocycles. The lowest BCUT2D eigenvalue weighted by atomic mass is 9.92. The van der Waals surface area contributed by atoms with Crippen LogP contribution in [0.4, 0.5) is 16.5 Å². The fourth-order valence-electron chi connectivity index (χ4n) is 5.47. The summed E-state index contributed by atoms with van der Waals surface area (Å²) in [6.07, 6.45) is 8.55. The maximum atomic E-state index is 12.1. The van der Waals surface area contributed by atoms with Crippen LogP contribution in [0, 0.1) is 19.8 Å². The minimum Gasteiger partial charge on any atom is -0.478 e. The van der Waals surface area contributed by atoms with Gasteiger partial charge in [0.1, 0.15) is 22.9 Å². The molecule has 8 heteroatoms. The molecule has 0 aliphatic heterocycles. The van der Waals surface area contributed by atoms with Gasteiger partial charge >= 0.3 is 5.97 Å². The Kier molecular flexibility index (Phi) is 7.06. The second-order valence-corrected chi connectivity index (χ2v) is 11.4. The molecule has 192 valence electrons. The summed E-state index contributed by atoms with van der Waals surface area (Å²) >= 11 is 1.40. The van der Waals surface area contributed by atoms with Gasteiger partial charge in [0.2, 0.25) is 5.13 Å². The average molecular weight is 509 g/mol. The number of nitrogens with one attached hydrogen (secondary N) is 1. The summed E-state index contributed by atoms with van der Waals surface area (Å²) in [5.74, 6) is 2.01. The number of benzene rings is 1. The van der Waals surface area contributed by atoms with E-state index >= 15 is 0 Å². The van der Waals surface area contributed by atoms with Gasteiger partial charge in [-0.25, -0.2) is 9.78 Å². The molecule has 2 heterocycles. The number of carboxylic acids is 1. The van der Waals surface area contributed by atoms with Crippen molar-refractivity contribution in [1.29, 1.82) is 0 Å². The van der Waals surface area contributed by atoms with Gasteiger partial charge in [0.25, 0.3) is 0 Å². The lowest BCUT2D eigenvalue weighted by molar-refractivity contribution is 0.0696. The van der Waals surface area contributed by atoms with Crippen LogP contribution in [-0.4, -0.2) is 33.0 Å². The molecule has 0 unspecified atom stereocenters. The summed E-state index contributed by atoms with van der Waals surface area (Å²) in [4.78, 5) is 19.4. The minimum absolute atomic E-state index is 0.226. The Balaban J connectivity index is 1.59. The van der Waals surface area contributed by atoms with E-state index < -0.39 is 5.97 Å². The maximum Gasteiger partial charge on any atom is 0.339 e. The third kappa shape index (κ3) is 5.14. The van der Waals surface area contributed by atoms with Crippen molar-refractivity contribution in [3.8, 4) is 11.1 Å². The summed E-state index contributed by atoms with van der Waals surface area (Å²) in [7, 11) is 0. The van der Waals surface area contributed by atoms with Crippen LogP contribution in [0.15, 0.2) is 22.6 Å². The first-order chi connectivity index (χ1) is 17.3. The zero-order chi connectivity index (χ0) is 25.4. The third-order valence-corrected chi connectivity index (χ3v) is 7.92. The highest BCUT2D eigenvalue weighted by Gasteiger charge is 2.29. The molecule has 7 nitrogen and oxygen atoms in total. The van der Waals surface area contributed by atoms with Crippen molar-refractivity contribution in [2.75, 3.05) is 16.8 Å². The highest BCUT2D eigenvalue weighted by Crippen LogP contribution is 2.42. The van der Waals surface area contributed by atoms with E-state index in [4.69, 9.17) is 9.40 Å². The van der Waals surface area contributed by atoms with Crippen LogP contribution >= 0.6 is 11.5 Å². The molecular weight excluding hydrogens is 472 g/mol. The largest absolute Gasteiger partial charge is 0.478 e. The first-order valence-corrected chi connectivity index (χ1v) is 13.9. The Hall–Kier alpha value is -2.87. The summed E-state index contributed by atoms with van der Waals surface area (Å²) < 4.78 is 10.3. The molecule has 2 saturated carbocycles. The van der Waals surface area contributed by atoms with Crippen LogP contribution in [0.5, 0.6) is 0 Å². The van der Waals surface area contributed by atoms with E-state index in [1.165, 1.54) is 43.6 Å². The van der Waals surface area contributed by atoms with Gasteiger partial charge in [0.05, 0.1) is 11.4 Å². The van der Waals surface area contributed by atoms with E-state index in [9.17, 15) is 9.90 Å². The number of aromatic nitrogens is 2. The zero-order valence-electron chi connectivity index (χ0n) is 21.6. The van der Waals surface area contributed by atoms with Gasteiger partial charge in [-0.2, -0.15) is 4.37 Å². The topological polar surface area (TPSA) is 91.5 Å². The standard InChI is InChI=1S/C28H36N4O3S/c1-16(2)15-32(21-8-6-5-7-9-21)23-13-12-20(24-17(3)35-18(4)25(24)27(33)34)14-22(23)29-28-30-26(31-36-28)19-10-11-19/h12-14,16,19,21H,5-11,15H2,1-4H3,(H,33,34)(H,29,30,31). The summed E-state index contributed by atoms with van der Waals surface area (Å²) in [6.45, 7) is 9.03. The van der Waals surface area contributed by atoms with E-state index in [1.807, 2.05) is 13.0 Å². The SMILES string of the molecule is Cc1oc(C)c(-c2ccc(N(CC(C)C)C3CCCCC3)c(Nc3nc(C4CC4)ns3)c2)c1C(=O)O. The first kappa shape index (κ1) is 24.8. The number of carbonyl (C=O) groups is 1.